The molecule has 0 amide bonds. The predicted octanol–water partition coefficient (Wildman–Crippen LogP) is 12.0. The van der Waals surface area contributed by atoms with Crippen LogP contribution in [0.15, 0.2) is 24.3 Å². The zero-order valence-electron chi connectivity index (χ0n) is 35.0. The van der Waals surface area contributed by atoms with E-state index in [1.165, 1.54) is 109 Å². The Bertz CT molecular complexity index is 964. The van der Waals surface area contributed by atoms with Gasteiger partial charge in [-0.25, -0.2) is 4.57 Å². The van der Waals surface area contributed by atoms with E-state index < -0.39 is 26.5 Å². The number of carbonyl (C=O) groups excluding carboxylic acids is 2. The molecule has 0 saturated heterocycles. The van der Waals surface area contributed by atoms with Gasteiger partial charge in [-0.2, -0.15) is 0 Å². The molecule has 1 N–H and O–H groups in total. The van der Waals surface area contributed by atoms with Gasteiger partial charge in [0.1, 0.15) is 19.8 Å². The number of phosphoric ester groups is 1. The van der Waals surface area contributed by atoms with Crippen molar-refractivity contribution in [3.05, 3.63) is 24.3 Å². The molecule has 312 valence electrons. The molecule has 1 unspecified atom stereocenters. The summed E-state index contributed by atoms with van der Waals surface area (Å²) >= 11 is 0. The minimum Gasteiger partial charge on any atom is -0.462 e. The Morgan fingerprint density at radius 1 is 0.585 bits per heavy atom. The third-order valence-corrected chi connectivity index (χ3v) is 10.2. The van der Waals surface area contributed by atoms with Crippen LogP contribution in [-0.4, -0.2) is 74.9 Å². The zero-order chi connectivity index (χ0) is 39.3. The smallest absolute Gasteiger partial charge is 0.462 e. The average Bonchev–Trinajstić information content (AvgIpc) is 3.10. The second-order valence-corrected chi connectivity index (χ2v) is 17.2. The van der Waals surface area contributed by atoms with Crippen molar-refractivity contribution in [2.75, 3.05) is 47.5 Å². The van der Waals surface area contributed by atoms with Crippen LogP contribution in [0.4, 0.5) is 0 Å². The number of quaternary nitrogens is 1. The molecule has 0 bridgehead atoms. The lowest BCUT2D eigenvalue weighted by Crippen LogP contribution is -2.37. The van der Waals surface area contributed by atoms with Crippen LogP contribution in [0.2, 0.25) is 0 Å². The van der Waals surface area contributed by atoms with Crippen LogP contribution in [0.5, 0.6) is 0 Å². The number of nitrogens with zero attached hydrogens (tertiary/aromatic N) is 1. The minimum atomic E-state index is -4.38. The van der Waals surface area contributed by atoms with E-state index in [9.17, 15) is 19.0 Å². The summed E-state index contributed by atoms with van der Waals surface area (Å²) in [6.45, 7) is 4.38. The third-order valence-electron chi connectivity index (χ3n) is 9.23. The molecule has 0 spiro atoms. The quantitative estimate of drug-likeness (QED) is 0.0216. The predicted molar refractivity (Wildman–Crippen MR) is 220 cm³/mol. The first-order chi connectivity index (χ1) is 25.5. The summed E-state index contributed by atoms with van der Waals surface area (Å²) in [5.74, 6) is -0.831. The number of esters is 2. The summed E-state index contributed by atoms with van der Waals surface area (Å²) in [5, 5.41) is 0. The summed E-state index contributed by atoms with van der Waals surface area (Å²) in [7, 11) is 1.46. The van der Waals surface area contributed by atoms with E-state index in [0.29, 0.717) is 17.4 Å². The SMILES string of the molecule is CCCCCCCC/C=C/C/C=C/CCCCC(=O)O[C@H](COC(=O)CCCCCCCCCCCCCCCC)COP(=O)(O)OCC[N+](C)(C)C. The second kappa shape index (κ2) is 36.1. The molecule has 10 heteroatoms. The Morgan fingerprint density at radius 3 is 1.53 bits per heavy atom. The minimum absolute atomic E-state index is 0.0276. The van der Waals surface area contributed by atoms with E-state index in [1.54, 1.807) is 0 Å². The molecular weight excluding hydrogens is 689 g/mol. The summed E-state index contributed by atoms with van der Waals surface area (Å²) in [4.78, 5) is 35.3. The number of rotatable bonds is 39. The van der Waals surface area contributed by atoms with Gasteiger partial charge in [-0.15, -0.1) is 0 Å². The maximum Gasteiger partial charge on any atom is 0.472 e. The van der Waals surface area contributed by atoms with Crippen molar-refractivity contribution in [1.82, 2.24) is 0 Å². The van der Waals surface area contributed by atoms with Crippen LogP contribution in [0.3, 0.4) is 0 Å². The number of phosphoric acid groups is 1. The van der Waals surface area contributed by atoms with Crippen LogP contribution in [0.25, 0.3) is 0 Å². The molecule has 0 aliphatic rings. The lowest BCUT2D eigenvalue weighted by molar-refractivity contribution is -0.870. The van der Waals surface area contributed by atoms with Gasteiger partial charge < -0.3 is 18.9 Å². The Labute approximate surface area is 326 Å². The summed E-state index contributed by atoms with van der Waals surface area (Å²) in [5.41, 5.74) is 0. The molecule has 0 aromatic rings. The van der Waals surface area contributed by atoms with E-state index in [0.717, 1.165) is 44.9 Å². The second-order valence-electron chi connectivity index (χ2n) is 15.7. The number of likely N-dealkylation sites (N-methyl/N-ethyl adjacent to an activating group) is 1. The topological polar surface area (TPSA) is 108 Å². The number of allylic oxidation sites excluding steroid dienone is 4. The molecule has 0 aliphatic carbocycles. The third kappa shape index (κ3) is 40.0. The van der Waals surface area contributed by atoms with Crippen molar-refractivity contribution in [2.45, 2.75) is 193 Å². The van der Waals surface area contributed by atoms with Crippen molar-refractivity contribution in [3.8, 4) is 0 Å². The first-order valence-corrected chi connectivity index (χ1v) is 23.1. The molecule has 0 aromatic carbocycles. The number of unbranched alkanes of at least 4 members (excludes halogenated alkanes) is 21. The molecule has 0 saturated carbocycles. The highest BCUT2D eigenvalue weighted by Gasteiger charge is 2.27. The van der Waals surface area contributed by atoms with E-state index >= 15 is 0 Å². The van der Waals surface area contributed by atoms with Crippen molar-refractivity contribution in [1.29, 1.82) is 0 Å². The van der Waals surface area contributed by atoms with Gasteiger partial charge in [0.25, 0.3) is 0 Å². The number of hydrogen-bond donors (Lipinski definition) is 1. The fourth-order valence-corrected chi connectivity index (χ4v) is 6.55. The van der Waals surface area contributed by atoms with Crippen molar-refractivity contribution in [3.63, 3.8) is 0 Å². The van der Waals surface area contributed by atoms with Crippen LogP contribution in [-0.2, 0) is 32.7 Å². The van der Waals surface area contributed by atoms with Crippen LogP contribution in [0.1, 0.15) is 187 Å². The van der Waals surface area contributed by atoms with Gasteiger partial charge in [-0.3, -0.25) is 18.6 Å². The zero-order valence-corrected chi connectivity index (χ0v) is 35.9. The Balaban J connectivity index is 4.42. The maximum atomic E-state index is 12.6. The first kappa shape index (κ1) is 51.5. The first-order valence-electron chi connectivity index (χ1n) is 21.6. The van der Waals surface area contributed by atoms with Gasteiger partial charge in [0.15, 0.2) is 6.10 Å². The number of ether oxygens (including phenoxy) is 2. The number of hydrogen-bond acceptors (Lipinski definition) is 7. The Hall–Kier alpha value is -1.51. The van der Waals surface area contributed by atoms with E-state index in [1.807, 2.05) is 21.1 Å². The van der Waals surface area contributed by atoms with E-state index in [-0.39, 0.29) is 32.0 Å². The van der Waals surface area contributed by atoms with Gasteiger partial charge in [-0.1, -0.05) is 154 Å². The molecule has 0 aliphatic heterocycles. The van der Waals surface area contributed by atoms with Crippen molar-refractivity contribution in [2.24, 2.45) is 0 Å². The molecule has 9 nitrogen and oxygen atoms in total. The van der Waals surface area contributed by atoms with Crippen LogP contribution in [0, 0.1) is 0 Å². The van der Waals surface area contributed by atoms with E-state index in [2.05, 4.69) is 38.2 Å². The maximum absolute atomic E-state index is 12.6. The fourth-order valence-electron chi connectivity index (χ4n) is 5.81. The highest BCUT2D eigenvalue weighted by molar-refractivity contribution is 7.47. The lowest BCUT2D eigenvalue weighted by Gasteiger charge is -2.24. The molecule has 0 fully saturated rings. The van der Waals surface area contributed by atoms with Gasteiger partial charge in [0.05, 0.1) is 27.7 Å². The monoisotopic (exact) mass is 773 g/mol. The summed E-state index contributed by atoms with van der Waals surface area (Å²) < 4.78 is 34.2. The lowest BCUT2D eigenvalue weighted by atomic mass is 10.0. The molecule has 2 atom stereocenters. The van der Waals surface area contributed by atoms with Crippen molar-refractivity contribution < 1.29 is 42.1 Å². The van der Waals surface area contributed by atoms with Gasteiger partial charge in [0.2, 0.25) is 0 Å². The summed E-state index contributed by atoms with van der Waals surface area (Å²) in [6, 6.07) is 0. The Kier molecular flexibility index (Phi) is 35.1. The standard InChI is InChI=1S/C43H82NO8P/c1-6-8-10-12-14-16-18-20-22-24-26-28-30-32-34-36-43(46)52-41(40-51-53(47,48)50-38-37-44(3,4)5)39-49-42(45)35-33-31-29-27-25-23-21-19-17-15-13-11-9-7-2/h20,22,26,28,41H,6-19,21,23-25,27,29-40H2,1-5H3/p+1/b22-20+,28-26+/t41-/m1/s1. The average molecular weight is 773 g/mol. The highest BCUT2D eigenvalue weighted by Crippen LogP contribution is 2.43. The number of carbonyl (C=O) groups is 2. The van der Waals surface area contributed by atoms with Gasteiger partial charge in [-0.05, 0) is 44.9 Å². The van der Waals surface area contributed by atoms with Crippen LogP contribution >= 0.6 is 7.82 Å². The molecule has 0 rings (SSSR count). The highest BCUT2D eigenvalue weighted by atomic mass is 31.2. The molecular formula is C43H83NO8P+. The van der Waals surface area contributed by atoms with E-state index in [4.69, 9.17) is 18.5 Å². The van der Waals surface area contributed by atoms with Crippen molar-refractivity contribution >= 4 is 19.8 Å². The molecule has 0 radical (unpaired) electrons. The normalized spacial score (nSPS) is 13.8. The van der Waals surface area contributed by atoms with Gasteiger partial charge in [0, 0.05) is 12.8 Å². The van der Waals surface area contributed by atoms with Gasteiger partial charge >= 0.3 is 19.8 Å². The largest absolute Gasteiger partial charge is 0.472 e. The Morgan fingerprint density at radius 2 is 1.02 bits per heavy atom. The summed E-state index contributed by atoms with van der Waals surface area (Å²) in [6.07, 6.45) is 37.9. The molecule has 53 heavy (non-hydrogen) atoms. The van der Waals surface area contributed by atoms with Crippen LogP contribution < -0.4 is 0 Å². The molecule has 0 heterocycles. The fraction of sp³-hybridized carbons (Fsp3) is 0.860. The molecule has 0 aromatic heterocycles.